The van der Waals surface area contributed by atoms with Gasteiger partial charge in [0.25, 0.3) is 0 Å². The second kappa shape index (κ2) is 2.87. The van der Waals surface area contributed by atoms with Crippen molar-refractivity contribution in [2.75, 3.05) is 0 Å². The van der Waals surface area contributed by atoms with Crippen molar-refractivity contribution in [1.82, 2.24) is 0 Å². The van der Waals surface area contributed by atoms with E-state index in [0.29, 0.717) is 6.42 Å². The molecule has 0 aliphatic heterocycles. The minimum atomic E-state index is -0.634. The van der Waals surface area contributed by atoms with Crippen LogP contribution in [-0.2, 0) is 6.61 Å². The van der Waals surface area contributed by atoms with E-state index in [9.17, 15) is 4.39 Å². The molecular formula is C10H11FO. The summed E-state index contributed by atoms with van der Waals surface area (Å²) in [5.74, 6) is 0.123. The summed E-state index contributed by atoms with van der Waals surface area (Å²) in [6, 6.07) is 7.49. The molecule has 1 aromatic rings. The summed E-state index contributed by atoms with van der Waals surface area (Å²) in [5.41, 5.74) is 1.94. The molecule has 2 atom stereocenters. The molecule has 1 N–H and O–H groups in total. The monoisotopic (exact) mass is 166 g/mol. The molecule has 2 rings (SSSR count). The van der Waals surface area contributed by atoms with Crippen LogP contribution >= 0.6 is 0 Å². The maximum Gasteiger partial charge on any atom is 0.108 e. The summed E-state index contributed by atoms with van der Waals surface area (Å²) < 4.78 is 12.6. The van der Waals surface area contributed by atoms with E-state index in [1.165, 1.54) is 0 Å². The van der Waals surface area contributed by atoms with Crippen LogP contribution < -0.4 is 0 Å². The zero-order valence-corrected chi connectivity index (χ0v) is 6.70. The summed E-state index contributed by atoms with van der Waals surface area (Å²) in [6.45, 7) is 0.0595. The van der Waals surface area contributed by atoms with Crippen molar-refractivity contribution in [3.05, 3.63) is 35.4 Å². The fraction of sp³-hybridized carbons (Fsp3) is 0.400. The summed E-state index contributed by atoms with van der Waals surface area (Å²) in [7, 11) is 0. The Hall–Kier alpha value is -0.890. The molecule has 0 heterocycles. The van der Waals surface area contributed by atoms with Gasteiger partial charge in [-0.05, 0) is 17.5 Å². The highest BCUT2D eigenvalue weighted by Gasteiger charge is 2.38. The number of hydrogen-bond donors (Lipinski definition) is 1. The Morgan fingerprint density at radius 1 is 1.33 bits per heavy atom. The Bertz CT molecular complexity index is 268. The first-order valence-corrected chi connectivity index (χ1v) is 4.15. The van der Waals surface area contributed by atoms with E-state index in [0.717, 1.165) is 11.1 Å². The lowest BCUT2D eigenvalue weighted by Crippen LogP contribution is -1.85. The Morgan fingerprint density at radius 3 is 2.33 bits per heavy atom. The van der Waals surface area contributed by atoms with Gasteiger partial charge in [0.2, 0.25) is 0 Å². The normalized spacial score (nSPS) is 27.2. The predicted molar refractivity (Wildman–Crippen MR) is 44.6 cm³/mol. The van der Waals surface area contributed by atoms with Gasteiger partial charge in [-0.3, -0.25) is 0 Å². The summed E-state index contributed by atoms with van der Waals surface area (Å²) in [5, 5.41) is 8.76. The van der Waals surface area contributed by atoms with Crippen molar-refractivity contribution < 1.29 is 9.50 Å². The average molecular weight is 166 g/mol. The summed E-state index contributed by atoms with van der Waals surface area (Å²) in [4.78, 5) is 0. The van der Waals surface area contributed by atoms with Gasteiger partial charge in [-0.25, -0.2) is 4.39 Å². The molecule has 1 nitrogen and oxygen atoms in total. The molecule has 1 fully saturated rings. The van der Waals surface area contributed by atoms with Gasteiger partial charge in [0.1, 0.15) is 6.17 Å². The number of aliphatic hydroxyl groups excluding tert-OH is 1. The van der Waals surface area contributed by atoms with E-state index in [2.05, 4.69) is 0 Å². The largest absolute Gasteiger partial charge is 0.392 e. The minimum absolute atomic E-state index is 0.0595. The lowest BCUT2D eigenvalue weighted by molar-refractivity contribution is 0.282. The molecule has 1 aliphatic rings. The second-order valence-electron chi connectivity index (χ2n) is 3.26. The maximum atomic E-state index is 12.6. The second-order valence-corrected chi connectivity index (χ2v) is 3.26. The van der Waals surface area contributed by atoms with Crippen LogP contribution in [0.3, 0.4) is 0 Å². The number of hydrogen-bond acceptors (Lipinski definition) is 1. The smallest absolute Gasteiger partial charge is 0.108 e. The van der Waals surface area contributed by atoms with Gasteiger partial charge in [0, 0.05) is 5.92 Å². The lowest BCUT2D eigenvalue weighted by atomic mass is 10.1. The van der Waals surface area contributed by atoms with Gasteiger partial charge in [0.05, 0.1) is 6.61 Å². The number of aliphatic hydroxyl groups is 1. The molecule has 0 spiro atoms. The third kappa shape index (κ3) is 1.34. The molecule has 0 bridgehead atoms. The van der Waals surface area contributed by atoms with Crippen LogP contribution in [0.15, 0.2) is 24.3 Å². The molecular weight excluding hydrogens is 155 g/mol. The Morgan fingerprint density at radius 2 is 1.92 bits per heavy atom. The SMILES string of the molecule is OCc1ccc(C2CC2F)cc1. The van der Waals surface area contributed by atoms with Crippen molar-refractivity contribution >= 4 is 0 Å². The molecule has 0 radical (unpaired) electrons. The van der Waals surface area contributed by atoms with E-state index in [4.69, 9.17) is 5.11 Å². The topological polar surface area (TPSA) is 20.2 Å². The van der Waals surface area contributed by atoms with Crippen LogP contribution in [-0.4, -0.2) is 11.3 Å². The summed E-state index contributed by atoms with van der Waals surface area (Å²) >= 11 is 0. The molecule has 2 heteroatoms. The molecule has 64 valence electrons. The van der Waals surface area contributed by atoms with Gasteiger partial charge in [-0.2, -0.15) is 0 Å². The summed E-state index contributed by atoms with van der Waals surface area (Å²) in [6.07, 6.45) is 0.0309. The maximum absolute atomic E-state index is 12.6. The lowest BCUT2D eigenvalue weighted by Gasteiger charge is -1.98. The highest BCUT2D eigenvalue weighted by atomic mass is 19.1. The zero-order chi connectivity index (χ0) is 8.55. The molecule has 0 saturated heterocycles. The van der Waals surface area contributed by atoms with E-state index in [-0.39, 0.29) is 12.5 Å². The highest BCUT2D eigenvalue weighted by molar-refractivity contribution is 5.29. The van der Waals surface area contributed by atoms with Crippen LogP contribution in [0.5, 0.6) is 0 Å². The van der Waals surface area contributed by atoms with Crippen molar-refractivity contribution in [3.63, 3.8) is 0 Å². The third-order valence-corrected chi connectivity index (χ3v) is 2.30. The van der Waals surface area contributed by atoms with Crippen LogP contribution in [0.1, 0.15) is 23.5 Å². The standard InChI is InChI=1S/C10H11FO/c11-10-5-9(10)8-3-1-7(6-12)2-4-8/h1-4,9-10,12H,5-6H2. The fourth-order valence-electron chi connectivity index (χ4n) is 1.38. The van der Waals surface area contributed by atoms with E-state index in [1.807, 2.05) is 24.3 Å². The molecule has 1 aromatic carbocycles. The quantitative estimate of drug-likeness (QED) is 0.712. The Labute approximate surface area is 70.8 Å². The molecule has 1 aliphatic carbocycles. The first-order valence-electron chi connectivity index (χ1n) is 4.15. The number of rotatable bonds is 2. The third-order valence-electron chi connectivity index (χ3n) is 2.30. The minimum Gasteiger partial charge on any atom is -0.392 e. The van der Waals surface area contributed by atoms with Crippen molar-refractivity contribution in [1.29, 1.82) is 0 Å². The average Bonchev–Trinajstić information content (AvgIpc) is 2.83. The van der Waals surface area contributed by atoms with Crippen LogP contribution in [0, 0.1) is 0 Å². The zero-order valence-electron chi connectivity index (χ0n) is 6.70. The first-order chi connectivity index (χ1) is 5.81. The van der Waals surface area contributed by atoms with Gasteiger partial charge in [-0.15, -0.1) is 0 Å². The Kier molecular flexibility index (Phi) is 1.85. The van der Waals surface area contributed by atoms with Crippen molar-refractivity contribution in [2.24, 2.45) is 0 Å². The predicted octanol–water partition coefficient (Wildman–Crippen LogP) is 2.00. The first kappa shape index (κ1) is 7.74. The molecule has 1 saturated carbocycles. The van der Waals surface area contributed by atoms with Crippen LogP contribution in [0.2, 0.25) is 0 Å². The molecule has 2 unspecified atom stereocenters. The van der Waals surface area contributed by atoms with Crippen molar-refractivity contribution in [3.8, 4) is 0 Å². The number of alkyl halides is 1. The highest BCUT2D eigenvalue weighted by Crippen LogP contribution is 2.43. The van der Waals surface area contributed by atoms with Gasteiger partial charge < -0.3 is 5.11 Å². The van der Waals surface area contributed by atoms with Gasteiger partial charge in [0.15, 0.2) is 0 Å². The fourth-order valence-corrected chi connectivity index (χ4v) is 1.38. The Balaban J connectivity index is 2.14. The molecule has 12 heavy (non-hydrogen) atoms. The van der Waals surface area contributed by atoms with E-state index in [1.54, 1.807) is 0 Å². The van der Waals surface area contributed by atoms with E-state index < -0.39 is 6.17 Å². The van der Waals surface area contributed by atoms with Crippen LogP contribution in [0.25, 0.3) is 0 Å². The number of benzene rings is 1. The van der Waals surface area contributed by atoms with Crippen molar-refractivity contribution in [2.45, 2.75) is 25.1 Å². The molecule has 0 aromatic heterocycles. The van der Waals surface area contributed by atoms with E-state index >= 15 is 0 Å². The van der Waals surface area contributed by atoms with Gasteiger partial charge >= 0.3 is 0 Å². The van der Waals surface area contributed by atoms with Gasteiger partial charge in [-0.1, -0.05) is 24.3 Å². The number of halogens is 1. The van der Waals surface area contributed by atoms with Crippen LogP contribution in [0.4, 0.5) is 4.39 Å². The molecule has 0 amide bonds.